The molecule has 5 heteroatoms. The zero-order valence-corrected chi connectivity index (χ0v) is 12.0. The van der Waals surface area contributed by atoms with E-state index in [2.05, 4.69) is 15.9 Å². The third-order valence-electron chi connectivity index (χ3n) is 2.39. The molecular formula is C12H8BrClF2S. The van der Waals surface area contributed by atoms with Crippen molar-refractivity contribution in [3.8, 4) is 0 Å². The van der Waals surface area contributed by atoms with Crippen LogP contribution in [0.5, 0.6) is 0 Å². The molecule has 0 aliphatic carbocycles. The summed E-state index contributed by atoms with van der Waals surface area (Å²) in [6.45, 7) is 1.52. The lowest BCUT2D eigenvalue weighted by Gasteiger charge is -2.10. The number of hydrogen-bond acceptors (Lipinski definition) is 1. The van der Waals surface area contributed by atoms with E-state index in [1.807, 2.05) is 6.07 Å². The van der Waals surface area contributed by atoms with E-state index >= 15 is 0 Å². The second-order valence-electron chi connectivity index (χ2n) is 3.63. The SMILES string of the molecule is Cc1cc(F)c(C(Cl)c2ccc(Br)s2)cc1F. The Morgan fingerprint density at radius 2 is 1.94 bits per heavy atom. The van der Waals surface area contributed by atoms with Crippen LogP contribution in [0.3, 0.4) is 0 Å². The molecule has 0 saturated carbocycles. The van der Waals surface area contributed by atoms with E-state index in [9.17, 15) is 8.78 Å². The minimum atomic E-state index is -0.665. The van der Waals surface area contributed by atoms with Gasteiger partial charge in [-0.1, -0.05) is 0 Å². The van der Waals surface area contributed by atoms with Gasteiger partial charge >= 0.3 is 0 Å². The van der Waals surface area contributed by atoms with Crippen LogP contribution < -0.4 is 0 Å². The summed E-state index contributed by atoms with van der Waals surface area (Å²) in [5.74, 6) is -0.920. The molecule has 0 radical (unpaired) electrons. The summed E-state index contributed by atoms with van der Waals surface area (Å²) in [5.41, 5.74) is 0.451. The largest absolute Gasteiger partial charge is 0.207 e. The Morgan fingerprint density at radius 3 is 2.53 bits per heavy atom. The summed E-state index contributed by atoms with van der Waals surface area (Å²) in [5, 5.41) is -0.665. The number of aryl methyl sites for hydroxylation is 1. The molecule has 1 heterocycles. The van der Waals surface area contributed by atoms with E-state index in [0.717, 1.165) is 14.7 Å². The van der Waals surface area contributed by atoms with Gasteiger partial charge in [0.05, 0.1) is 9.16 Å². The standard InChI is InChI=1S/C12H8BrClF2S/c1-6-4-9(16)7(5-8(6)15)12(14)10-2-3-11(13)17-10/h2-5,12H,1H3. The average Bonchev–Trinajstić information content (AvgIpc) is 2.69. The van der Waals surface area contributed by atoms with Gasteiger partial charge in [-0.2, -0.15) is 0 Å². The van der Waals surface area contributed by atoms with E-state index in [4.69, 9.17) is 11.6 Å². The molecule has 90 valence electrons. The van der Waals surface area contributed by atoms with E-state index in [1.165, 1.54) is 24.3 Å². The molecule has 0 spiro atoms. The Bertz CT molecular complexity index is 553. The lowest BCUT2D eigenvalue weighted by molar-refractivity contribution is 0.581. The quantitative estimate of drug-likeness (QED) is 0.641. The summed E-state index contributed by atoms with van der Waals surface area (Å²) in [4.78, 5) is 0.778. The van der Waals surface area contributed by atoms with Gasteiger partial charge in [0.25, 0.3) is 0 Å². The fourth-order valence-corrected chi connectivity index (χ4v) is 3.27. The third-order valence-corrected chi connectivity index (χ3v) is 4.68. The number of halogens is 4. The summed E-state index contributed by atoms with van der Waals surface area (Å²) in [6.07, 6.45) is 0. The molecular weight excluding hydrogens is 330 g/mol. The van der Waals surface area contributed by atoms with Crippen molar-refractivity contribution in [1.29, 1.82) is 0 Å². The lowest BCUT2D eigenvalue weighted by Crippen LogP contribution is -1.98. The smallest absolute Gasteiger partial charge is 0.128 e. The highest BCUT2D eigenvalue weighted by Crippen LogP contribution is 2.37. The highest BCUT2D eigenvalue weighted by atomic mass is 79.9. The van der Waals surface area contributed by atoms with E-state index in [-0.39, 0.29) is 11.1 Å². The Labute approximate surface area is 115 Å². The summed E-state index contributed by atoms with van der Waals surface area (Å²) in [7, 11) is 0. The first-order chi connectivity index (χ1) is 7.99. The van der Waals surface area contributed by atoms with Crippen LogP contribution in [0.25, 0.3) is 0 Å². The molecule has 0 N–H and O–H groups in total. The van der Waals surface area contributed by atoms with Crippen LogP contribution in [0, 0.1) is 18.6 Å². The van der Waals surface area contributed by atoms with Crippen LogP contribution in [0.1, 0.15) is 21.4 Å². The summed E-state index contributed by atoms with van der Waals surface area (Å²) >= 11 is 10.9. The summed E-state index contributed by atoms with van der Waals surface area (Å²) in [6, 6.07) is 5.96. The van der Waals surface area contributed by atoms with Crippen molar-refractivity contribution < 1.29 is 8.78 Å². The molecule has 0 fully saturated rings. The molecule has 2 rings (SSSR count). The first-order valence-electron chi connectivity index (χ1n) is 4.84. The van der Waals surface area contributed by atoms with Crippen molar-refractivity contribution in [1.82, 2.24) is 0 Å². The van der Waals surface area contributed by atoms with Gasteiger partial charge in [0.15, 0.2) is 0 Å². The molecule has 0 nitrogen and oxygen atoms in total. The topological polar surface area (TPSA) is 0 Å². The highest BCUT2D eigenvalue weighted by molar-refractivity contribution is 9.11. The zero-order chi connectivity index (χ0) is 12.6. The lowest BCUT2D eigenvalue weighted by atomic mass is 10.1. The van der Waals surface area contributed by atoms with Gasteiger partial charge in [-0.25, -0.2) is 8.78 Å². The van der Waals surface area contributed by atoms with Crippen LogP contribution in [-0.4, -0.2) is 0 Å². The van der Waals surface area contributed by atoms with Gasteiger partial charge in [-0.15, -0.1) is 22.9 Å². The molecule has 17 heavy (non-hydrogen) atoms. The van der Waals surface area contributed by atoms with Crippen LogP contribution in [0.2, 0.25) is 0 Å². The fraction of sp³-hybridized carbons (Fsp3) is 0.167. The number of rotatable bonds is 2. The second kappa shape index (κ2) is 5.04. The van der Waals surface area contributed by atoms with Crippen molar-refractivity contribution in [3.05, 3.63) is 55.7 Å². The van der Waals surface area contributed by atoms with Crippen molar-refractivity contribution in [3.63, 3.8) is 0 Å². The molecule has 0 aliphatic rings. The second-order valence-corrected chi connectivity index (χ2v) is 6.56. The molecule has 1 aromatic carbocycles. The molecule has 0 bridgehead atoms. The van der Waals surface area contributed by atoms with Gasteiger partial charge < -0.3 is 0 Å². The van der Waals surface area contributed by atoms with Gasteiger partial charge in [0.1, 0.15) is 11.6 Å². The zero-order valence-electron chi connectivity index (χ0n) is 8.81. The number of hydrogen-bond donors (Lipinski definition) is 0. The number of thiophene rings is 1. The van der Waals surface area contributed by atoms with Crippen molar-refractivity contribution in [2.24, 2.45) is 0 Å². The van der Waals surface area contributed by atoms with E-state index in [0.29, 0.717) is 0 Å². The predicted molar refractivity (Wildman–Crippen MR) is 70.8 cm³/mol. The molecule has 1 unspecified atom stereocenters. The van der Waals surface area contributed by atoms with Gasteiger partial charge in [-0.05, 0) is 52.7 Å². The molecule has 0 aliphatic heterocycles. The van der Waals surface area contributed by atoms with Crippen molar-refractivity contribution >= 4 is 38.9 Å². The van der Waals surface area contributed by atoms with Crippen LogP contribution in [-0.2, 0) is 0 Å². The van der Waals surface area contributed by atoms with Crippen molar-refractivity contribution in [2.45, 2.75) is 12.3 Å². The van der Waals surface area contributed by atoms with Gasteiger partial charge in [0, 0.05) is 10.4 Å². The third kappa shape index (κ3) is 2.69. The fourth-order valence-electron chi connectivity index (χ4n) is 1.47. The first-order valence-corrected chi connectivity index (χ1v) is 6.88. The van der Waals surface area contributed by atoms with Crippen LogP contribution in [0.15, 0.2) is 28.1 Å². The Kier molecular flexibility index (Phi) is 3.85. The van der Waals surface area contributed by atoms with Crippen LogP contribution >= 0.6 is 38.9 Å². The minimum Gasteiger partial charge on any atom is -0.207 e. The number of benzene rings is 1. The van der Waals surface area contributed by atoms with Crippen LogP contribution in [0.4, 0.5) is 8.78 Å². The Hall–Kier alpha value is -0.450. The highest BCUT2D eigenvalue weighted by Gasteiger charge is 2.18. The van der Waals surface area contributed by atoms with Gasteiger partial charge in [-0.3, -0.25) is 0 Å². The Balaban J connectivity index is 2.43. The monoisotopic (exact) mass is 336 g/mol. The molecule has 0 saturated heterocycles. The van der Waals surface area contributed by atoms with Gasteiger partial charge in [0.2, 0.25) is 0 Å². The van der Waals surface area contributed by atoms with E-state index in [1.54, 1.807) is 6.07 Å². The Morgan fingerprint density at radius 1 is 1.24 bits per heavy atom. The normalized spacial score (nSPS) is 12.8. The molecule has 1 atom stereocenters. The minimum absolute atomic E-state index is 0.170. The maximum Gasteiger partial charge on any atom is 0.128 e. The van der Waals surface area contributed by atoms with E-state index < -0.39 is 17.0 Å². The maximum atomic E-state index is 13.7. The summed E-state index contributed by atoms with van der Waals surface area (Å²) < 4.78 is 28.0. The first kappa shape index (κ1) is 13.0. The molecule has 0 amide bonds. The number of alkyl halides is 1. The predicted octanol–water partition coefficient (Wildman–Crippen LogP) is 5.43. The maximum absolute atomic E-state index is 13.7. The molecule has 1 aromatic heterocycles. The average molecular weight is 338 g/mol. The van der Waals surface area contributed by atoms with Crippen molar-refractivity contribution in [2.75, 3.05) is 0 Å². The molecule has 2 aromatic rings.